The van der Waals surface area contributed by atoms with Gasteiger partial charge in [-0.25, -0.2) is 0 Å². The molecule has 4 heteroatoms. The molecule has 0 atom stereocenters. The molecule has 1 saturated heterocycles. The lowest BCUT2D eigenvalue weighted by atomic mass is 9.91. The molecule has 1 aromatic heterocycles. The van der Waals surface area contributed by atoms with Crippen LogP contribution in [0.25, 0.3) is 0 Å². The van der Waals surface area contributed by atoms with Gasteiger partial charge in [-0.1, -0.05) is 13.8 Å². The Morgan fingerprint density at radius 1 is 1.44 bits per heavy atom. The zero-order valence-electron chi connectivity index (χ0n) is 10.1. The maximum atomic E-state index is 5.85. The van der Waals surface area contributed by atoms with E-state index in [2.05, 4.69) is 24.0 Å². The molecule has 0 bridgehead atoms. The fourth-order valence-electron chi connectivity index (χ4n) is 2.41. The second kappa shape index (κ2) is 4.97. The number of ether oxygens (including phenoxy) is 1. The van der Waals surface area contributed by atoms with E-state index in [4.69, 9.17) is 10.5 Å². The van der Waals surface area contributed by atoms with Crippen molar-refractivity contribution in [2.75, 3.05) is 13.2 Å². The fourth-order valence-corrected chi connectivity index (χ4v) is 2.41. The monoisotopic (exact) mass is 223 g/mol. The van der Waals surface area contributed by atoms with Gasteiger partial charge in [0, 0.05) is 36.9 Å². The molecule has 1 aliphatic rings. The summed E-state index contributed by atoms with van der Waals surface area (Å²) in [5.74, 6) is 0.982. The minimum Gasteiger partial charge on any atom is -0.381 e. The van der Waals surface area contributed by atoms with Crippen LogP contribution in [0.4, 0.5) is 0 Å². The van der Waals surface area contributed by atoms with Crippen molar-refractivity contribution in [3.05, 3.63) is 17.0 Å². The molecule has 0 amide bonds. The maximum absolute atomic E-state index is 5.85. The van der Waals surface area contributed by atoms with Crippen LogP contribution < -0.4 is 5.73 Å². The van der Waals surface area contributed by atoms with Crippen LogP contribution in [0, 0.1) is 0 Å². The second-order valence-corrected chi connectivity index (χ2v) is 4.75. The third-order valence-corrected chi connectivity index (χ3v) is 3.31. The fraction of sp³-hybridized carbons (Fsp3) is 0.750. The lowest BCUT2D eigenvalue weighted by Gasteiger charge is -2.22. The number of H-pyrrole nitrogens is 1. The summed E-state index contributed by atoms with van der Waals surface area (Å²) in [6.45, 7) is 6.60. The summed E-state index contributed by atoms with van der Waals surface area (Å²) in [6, 6.07) is 0. The zero-order valence-corrected chi connectivity index (χ0v) is 10.1. The lowest BCUT2D eigenvalue weighted by molar-refractivity contribution is 0.0843. The van der Waals surface area contributed by atoms with Crippen LogP contribution in [-0.2, 0) is 11.3 Å². The highest BCUT2D eigenvalue weighted by molar-refractivity contribution is 5.30. The Labute approximate surface area is 96.6 Å². The van der Waals surface area contributed by atoms with E-state index >= 15 is 0 Å². The van der Waals surface area contributed by atoms with E-state index < -0.39 is 0 Å². The van der Waals surface area contributed by atoms with Crippen LogP contribution >= 0.6 is 0 Å². The molecule has 0 unspecified atom stereocenters. The Morgan fingerprint density at radius 2 is 2.12 bits per heavy atom. The molecule has 1 aromatic rings. The summed E-state index contributed by atoms with van der Waals surface area (Å²) in [6.07, 6.45) is 2.15. The molecule has 0 radical (unpaired) electrons. The maximum Gasteiger partial charge on any atom is 0.0695 e. The first-order valence-electron chi connectivity index (χ1n) is 6.08. The molecular weight excluding hydrogens is 202 g/mol. The topological polar surface area (TPSA) is 63.9 Å². The van der Waals surface area contributed by atoms with Gasteiger partial charge >= 0.3 is 0 Å². The highest BCUT2D eigenvalue weighted by Gasteiger charge is 2.23. The molecule has 0 spiro atoms. The minimum absolute atomic E-state index is 0.434. The average molecular weight is 223 g/mol. The summed E-state index contributed by atoms with van der Waals surface area (Å²) >= 11 is 0. The predicted molar refractivity (Wildman–Crippen MR) is 63.4 cm³/mol. The molecule has 0 aromatic carbocycles. The summed E-state index contributed by atoms with van der Waals surface area (Å²) in [7, 11) is 0. The molecular formula is C12H21N3O. The number of aromatic nitrogens is 2. The van der Waals surface area contributed by atoms with Crippen molar-refractivity contribution in [3.63, 3.8) is 0 Å². The van der Waals surface area contributed by atoms with Gasteiger partial charge in [-0.3, -0.25) is 5.10 Å². The van der Waals surface area contributed by atoms with Gasteiger partial charge in [0.1, 0.15) is 0 Å². The van der Waals surface area contributed by atoms with Gasteiger partial charge in [0.2, 0.25) is 0 Å². The van der Waals surface area contributed by atoms with Gasteiger partial charge in [0.15, 0.2) is 0 Å². The first-order chi connectivity index (χ1) is 7.74. The molecule has 0 saturated carbocycles. The van der Waals surface area contributed by atoms with E-state index in [9.17, 15) is 0 Å². The largest absolute Gasteiger partial charge is 0.381 e. The molecule has 0 aliphatic carbocycles. The van der Waals surface area contributed by atoms with Crippen LogP contribution in [0.2, 0.25) is 0 Å². The molecule has 90 valence electrons. The van der Waals surface area contributed by atoms with E-state index in [1.807, 2.05) is 0 Å². The smallest absolute Gasteiger partial charge is 0.0695 e. The molecule has 4 nitrogen and oxygen atoms in total. The van der Waals surface area contributed by atoms with Gasteiger partial charge < -0.3 is 10.5 Å². The van der Waals surface area contributed by atoms with E-state index in [-0.39, 0.29) is 0 Å². The standard InChI is InChI=1S/C12H21N3O/c1-8(2)11-10(7-13)12(15-14-11)9-3-5-16-6-4-9/h8-9H,3-7,13H2,1-2H3,(H,14,15). The van der Waals surface area contributed by atoms with Crippen molar-refractivity contribution in [1.82, 2.24) is 10.2 Å². The van der Waals surface area contributed by atoms with Gasteiger partial charge in [-0.05, 0) is 18.8 Å². The number of nitrogens with zero attached hydrogens (tertiary/aromatic N) is 1. The van der Waals surface area contributed by atoms with Crippen LogP contribution in [-0.4, -0.2) is 23.4 Å². The number of rotatable bonds is 3. The molecule has 2 heterocycles. The van der Waals surface area contributed by atoms with Crippen LogP contribution in [0.3, 0.4) is 0 Å². The normalized spacial score (nSPS) is 18.2. The summed E-state index contributed by atoms with van der Waals surface area (Å²) in [5.41, 5.74) is 9.45. The molecule has 1 fully saturated rings. The van der Waals surface area contributed by atoms with Gasteiger partial charge in [0.05, 0.1) is 5.69 Å². The second-order valence-electron chi connectivity index (χ2n) is 4.75. The van der Waals surface area contributed by atoms with E-state index in [1.54, 1.807) is 0 Å². The van der Waals surface area contributed by atoms with Crippen molar-refractivity contribution in [3.8, 4) is 0 Å². The van der Waals surface area contributed by atoms with Crippen molar-refractivity contribution in [1.29, 1.82) is 0 Å². The van der Waals surface area contributed by atoms with Crippen molar-refractivity contribution in [2.24, 2.45) is 5.73 Å². The Kier molecular flexibility index (Phi) is 3.61. The molecule has 2 rings (SSSR count). The SMILES string of the molecule is CC(C)c1n[nH]c(C2CCOCC2)c1CN. The number of aromatic amines is 1. The van der Waals surface area contributed by atoms with Gasteiger partial charge in [0.25, 0.3) is 0 Å². The van der Waals surface area contributed by atoms with E-state index in [0.717, 1.165) is 31.7 Å². The third-order valence-electron chi connectivity index (χ3n) is 3.31. The van der Waals surface area contributed by atoms with Crippen molar-refractivity contribution in [2.45, 2.75) is 45.1 Å². The van der Waals surface area contributed by atoms with Crippen molar-refractivity contribution < 1.29 is 4.74 Å². The lowest BCUT2D eigenvalue weighted by Crippen LogP contribution is -2.16. The van der Waals surface area contributed by atoms with Gasteiger partial charge in [-0.2, -0.15) is 5.10 Å². The highest BCUT2D eigenvalue weighted by atomic mass is 16.5. The highest BCUT2D eigenvalue weighted by Crippen LogP contribution is 2.31. The minimum atomic E-state index is 0.434. The molecule has 1 aliphatic heterocycles. The van der Waals surface area contributed by atoms with Gasteiger partial charge in [-0.15, -0.1) is 0 Å². The number of hydrogen-bond donors (Lipinski definition) is 2. The van der Waals surface area contributed by atoms with Crippen LogP contribution in [0.15, 0.2) is 0 Å². The Hall–Kier alpha value is -0.870. The number of hydrogen-bond acceptors (Lipinski definition) is 3. The van der Waals surface area contributed by atoms with Crippen LogP contribution in [0.5, 0.6) is 0 Å². The number of nitrogens with one attached hydrogen (secondary N) is 1. The Balaban J connectivity index is 2.25. The first kappa shape index (κ1) is 11.6. The zero-order chi connectivity index (χ0) is 11.5. The summed E-state index contributed by atoms with van der Waals surface area (Å²) < 4.78 is 5.38. The summed E-state index contributed by atoms with van der Waals surface area (Å²) in [5, 5.41) is 7.61. The quantitative estimate of drug-likeness (QED) is 0.822. The van der Waals surface area contributed by atoms with Crippen molar-refractivity contribution >= 4 is 0 Å². The Morgan fingerprint density at radius 3 is 2.69 bits per heavy atom. The van der Waals surface area contributed by atoms with E-state index in [1.165, 1.54) is 11.3 Å². The molecule has 16 heavy (non-hydrogen) atoms. The third kappa shape index (κ3) is 2.13. The van der Waals surface area contributed by atoms with Crippen LogP contribution in [0.1, 0.15) is 55.5 Å². The Bertz CT molecular complexity index is 340. The summed E-state index contributed by atoms with van der Waals surface area (Å²) in [4.78, 5) is 0. The van der Waals surface area contributed by atoms with E-state index in [0.29, 0.717) is 18.4 Å². The molecule has 3 N–H and O–H groups in total. The number of nitrogens with two attached hydrogens (primary N) is 1. The first-order valence-corrected chi connectivity index (χ1v) is 6.08. The predicted octanol–water partition coefficient (Wildman–Crippen LogP) is 1.89. The average Bonchev–Trinajstić information content (AvgIpc) is 2.73.